The Hall–Kier alpha value is -0.370. The SMILES string of the molecule is O=C1C2CC[C@@H]1C1(O)CCCCC1C2. The van der Waals surface area contributed by atoms with Crippen LogP contribution in [0.15, 0.2) is 0 Å². The lowest BCUT2D eigenvalue weighted by atomic mass is 9.62. The lowest BCUT2D eigenvalue weighted by Crippen LogP contribution is -2.53. The summed E-state index contributed by atoms with van der Waals surface area (Å²) >= 11 is 0. The van der Waals surface area contributed by atoms with Crippen molar-refractivity contribution >= 4 is 5.78 Å². The minimum Gasteiger partial charge on any atom is -0.389 e. The summed E-state index contributed by atoms with van der Waals surface area (Å²) in [5, 5.41) is 10.6. The van der Waals surface area contributed by atoms with Gasteiger partial charge in [0.2, 0.25) is 0 Å². The molecule has 3 rings (SSSR count). The number of rotatable bonds is 0. The predicted molar refractivity (Wildman–Crippen MR) is 52.7 cm³/mol. The Kier molecular flexibility index (Phi) is 1.79. The molecule has 0 spiro atoms. The molecule has 2 heteroatoms. The molecule has 0 amide bonds. The predicted octanol–water partition coefficient (Wildman–Crippen LogP) is 1.91. The summed E-state index contributed by atoms with van der Waals surface area (Å²) in [5.41, 5.74) is -0.595. The summed E-state index contributed by atoms with van der Waals surface area (Å²) in [6, 6.07) is 0. The fourth-order valence-corrected chi connectivity index (χ4v) is 4.04. The van der Waals surface area contributed by atoms with Gasteiger partial charge in [-0.15, -0.1) is 0 Å². The fraction of sp³-hybridized carbons (Fsp3) is 0.917. The Balaban J connectivity index is 1.96. The highest BCUT2D eigenvalue weighted by Crippen LogP contribution is 2.53. The van der Waals surface area contributed by atoms with Crippen LogP contribution in [-0.2, 0) is 4.79 Å². The number of aliphatic hydroxyl groups is 1. The van der Waals surface area contributed by atoms with Crippen LogP contribution in [0.25, 0.3) is 0 Å². The maximum absolute atomic E-state index is 11.9. The summed E-state index contributed by atoms with van der Waals surface area (Å²) < 4.78 is 0. The molecule has 78 valence electrons. The van der Waals surface area contributed by atoms with Crippen molar-refractivity contribution in [3.05, 3.63) is 0 Å². The molecule has 3 aliphatic carbocycles. The molecule has 4 atom stereocenters. The molecule has 14 heavy (non-hydrogen) atoms. The molecule has 1 N–H and O–H groups in total. The van der Waals surface area contributed by atoms with Crippen LogP contribution in [0.2, 0.25) is 0 Å². The molecule has 0 aromatic rings. The summed E-state index contributed by atoms with van der Waals surface area (Å²) in [5.74, 6) is 1.13. The van der Waals surface area contributed by atoms with E-state index in [1.54, 1.807) is 0 Å². The lowest BCUT2D eigenvalue weighted by molar-refractivity contribution is -0.152. The molecule has 0 aromatic carbocycles. The van der Waals surface area contributed by atoms with Gasteiger partial charge in [-0.1, -0.05) is 12.8 Å². The molecule has 3 saturated carbocycles. The van der Waals surface area contributed by atoms with E-state index in [0.717, 1.165) is 38.5 Å². The summed E-state index contributed by atoms with van der Waals surface area (Å²) in [6.45, 7) is 0. The summed E-state index contributed by atoms with van der Waals surface area (Å²) in [4.78, 5) is 11.9. The van der Waals surface area contributed by atoms with Crippen LogP contribution < -0.4 is 0 Å². The molecular formula is C12H18O2. The van der Waals surface area contributed by atoms with Gasteiger partial charge in [0.15, 0.2) is 0 Å². The molecule has 3 aliphatic rings. The highest BCUT2D eigenvalue weighted by atomic mass is 16.3. The van der Waals surface area contributed by atoms with Crippen molar-refractivity contribution in [1.29, 1.82) is 0 Å². The van der Waals surface area contributed by atoms with Crippen molar-refractivity contribution < 1.29 is 9.90 Å². The standard InChI is InChI=1S/C12H18O2/c13-11-8-4-5-10(11)12(14)6-2-1-3-9(12)7-8/h8-10,14H,1-7H2/t8?,9?,10-,12?/m0/s1. The molecule has 0 radical (unpaired) electrons. The zero-order chi connectivity index (χ0) is 9.76. The van der Waals surface area contributed by atoms with Gasteiger partial charge in [0.1, 0.15) is 5.78 Å². The average Bonchev–Trinajstić information content (AvgIpc) is 2.46. The van der Waals surface area contributed by atoms with E-state index >= 15 is 0 Å². The smallest absolute Gasteiger partial charge is 0.141 e. The number of ketones is 1. The Labute approximate surface area is 84.7 Å². The minimum absolute atomic E-state index is 0.00606. The highest BCUT2D eigenvalue weighted by molar-refractivity contribution is 5.87. The van der Waals surface area contributed by atoms with Crippen molar-refractivity contribution in [2.24, 2.45) is 17.8 Å². The van der Waals surface area contributed by atoms with Gasteiger partial charge in [-0.3, -0.25) is 4.79 Å². The average molecular weight is 194 g/mol. The first-order valence-electron chi connectivity index (χ1n) is 5.98. The Morgan fingerprint density at radius 2 is 2.07 bits per heavy atom. The number of hydrogen-bond donors (Lipinski definition) is 1. The molecule has 2 bridgehead atoms. The van der Waals surface area contributed by atoms with Crippen LogP contribution in [0.5, 0.6) is 0 Å². The monoisotopic (exact) mass is 194 g/mol. The maximum atomic E-state index is 11.9. The zero-order valence-corrected chi connectivity index (χ0v) is 8.54. The Bertz CT molecular complexity index is 273. The van der Waals surface area contributed by atoms with E-state index in [4.69, 9.17) is 0 Å². The number of carbonyl (C=O) groups is 1. The van der Waals surface area contributed by atoms with E-state index < -0.39 is 5.60 Å². The number of hydrogen-bond acceptors (Lipinski definition) is 2. The van der Waals surface area contributed by atoms with Crippen molar-refractivity contribution in [2.75, 3.05) is 0 Å². The second kappa shape index (κ2) is 2.82. The van der Waals surface area contributed by atoms with Crippen LogP contribution >= 0.6 is 0 Å². The first kappa shape index (κ1) is 8.90. The molecule has 0 aromatic heterocycles. The topological polar surface area (TPSA) is 37.3 Å². The third-order valence-electron chi connectivity index (χ3n) is 4.81. The lowest BCUT2D eigenvalue weighted by Gasteiger charge is -2.46. The van der Waals surface area contributed by atoms with Crippen LogP contribution in [0.4, 0.5) is 0 Å². The van der Waals surface area contributed by atoms with E-state index in [2.05, 4.69) is 0 Å². The molecule has 0 saturated heterocycles. The van der Waals surface area contributed by atoms with Gasteiger partial charge >= 0.3 is 0 Å². The molecule has 0 heterocycles. The quantitative estimate of drug-likeness (QED) is 0.639. The van der Waals surface area contributed by atoms with Crippen molar-refractivity contribution in [2.45, 2.75) is 50.5 Å². The number of Topliss-reactive ketones (excluding diaryl/α,β-unsaturated/α-hetero) is 1. The third-order valence-corrected chi connectivity index (χ3v) is 4.81. The Morgan fingerprint density at radius 1 is 1.21 bits per heavy atom. The molecule has 0 aliphatic heterocycles. The van der Waals surface area contributed by atoms with E-state index in [1.165, 1.54) is 6.42 Å². The molecular weight excluding hydrogens is 176 g/mol. The largest absolute Gasteiger partial charge is 0.389 e. The van der Waals surface area contributed by atoms with Gasteiger partial charge in [0.05, 0.1) is 5.60 Å². The van der Waals surface area contributed by atoms with E-state index in [1.807, 2.05) is 0 Å². The van der Waals surface area contributed by atoms with Crippen molar-refractivity contribution in [3.8, 4) is 0 Å². The second-order valence-corrected chi connectivity index (χ2v) is 5.40. The fourth-order valence-electron chi connectivity index (χ4n) is 4.04. The van der Waals surface area contributed by atoms with E-state index in [-0.39, 0.29) is 5.92 Å². The van der Waals surface area contributed by atoms with Crippen LogP contribution in [0.3, 0.4) is 0 Å². The summed E-state index contributed by atoms with van der Waals surface area (Å²) in [7, 11) is 0. The number of fused-ring (bicyclic) bond motifs is 4. The molecule has 3 unspecified atom stereocenters. The van der Waals surface area contributed by atoms with Gasteiger partial charge in [-0.25, -0.2) is 0 Å². The zero-order valence-electron chi connectivity index (χ0n) is 8.54. The summed E-state index contributed by atoms with van der Waals surface area (Å²) in [6.07, 6.45) is 7.37. The van der Waals surface area contributed by atoms with E-state index in [9.17, 15) is 9.90 Å². The van der Waals surface area contributed by atoms with Crippen LogP contribution in [-0.4, -0.2) is 16.5 Å². The van der Waals surface area contributed by atoms with Gasteiger partial charge in [-0.2, -0.15) is 0 Å². The molecule has 3 fully saturated rings. The Morgan fingerprint density at radius 3 is 2.93 bits per heavy atom. The maximum Gasteiger partial charge on any atom is 0.141 e. The first-order valence-corrected chi connectivity index (χ1v) is 5.98. The third kappa shape index (κ3) is 0.979. The normalized spacial score (nSPS) is 51.8. The van der Waals surface area contributed by atoms with Crippen LogP contribution in [0.1, 0.15) is 44.9 Å². The number of carbonyl (C=O) groups excluding carboxylic acids is 1. The van der Waals surface area contributed by atoms with Crippen molar-refractivity contribution in [1.82, 2.24) is 0 Å². The van der Waals surface area contributed by atoms with E-state index in [0.29, 0.717) is 17.6 Å². The first-order chi connectivity index (χ1) is 6.72. The van der Waals surface area contributed by atoms with Crippen molar-refractivity contribution in [3.63, 3.8) is 0 Å². The van der Waals surface area contributed by atoms with Gasteiger partial charge in [0, 0.05) is 11.8 Å². The molecule has 2 nitrogen and oxygen atoms in total. The van der Waals surface area contributed by atoms with Gasteiger partial charge < -0.3 is 5.11 Å². The highest BCUT2D eigenvalue weighted by Gasteiger charge is 2.56. The second-order valence-electron chi connectivity index (χ2n) is 5.40. The van der Waals surface area contributed by atoms with Crippen LogP contribution in [0, 0.1) is 17.8 Å². The minimum atomic E-state index is -0.595. The van der Waals surface area contributed by atoms with Gasteiger partial charge in [-0.05, 0) is 38.0 Å². The van der Waals surface area contributed by atoms with Gasteiger partial charge in [0.25, 0.3) is 0 Å².